The van der Waals surface area contributed by atoms with Crippen LogP contribution in [0.3, 0.4) is 0 Å². The number of hydrogen-bond acceptors (Lipinski definition) is 4. The van der Waals surface area contributed by atoms with Gasteiger partial charge in [0.15, 0.2) is 0 Å². The van der Waals surface area contributed by atoms with Crippen molar-refractivity contribution >= 4 is 11.8 Å². The molecule has 2 aliphatic heterocycles. The first-order valence-electron chi connectivity index (χ1n) is 8.95. The van der Waals surface area contributed by atoms with Gasteiger partial charge in [0.25, 0.3) is 5.91 Å². The Bertz CT molecular complexity index is 616. The molecule has 24 heavy (non-hydrogen) atoms. The number of likely N-dealkylation sites (tertiary alicyclic amines) is 2. The van der Waals surface area contributed by atoms with Crippen LogP contribution in [-0.2, 0) is 11.2 Å². The van der Waals surface area contributed by atoms with Gasteiger partial charge in [-0.2, -0.15) is 0 Å². The fourth-order valence-electron chi connectivity index (χ4n) is 3.94. The quantitative estimate of drug-likeness (QED) is 0.849. The predicted octanol–water partition coefficient (Wildman–Crippen LogP) is 1.90. The van der Waals surface area contributed by atoms with Crippen molar-refractivity contribution in [3.05, 3.63) is 23.8 Å². The zero-order valence-electron chi connectivity index (χ0n) is 14.6. The van der Waals surface area contributed by atoms with Crippen molar-refractivity contribution < 1.29 is 9.59 Å². The van der Waals surface area contributed by atoms with Crippen LogP contribution < -0.4 is 0 Å². The molecule has 1 atom stereocenters. The third-order valence-corrected chi connectivity index (χ3v) is 5.35. The number of amides is 2. The molecular weight excluding hydrogens is 304 g/mol. The van der Waals surface area contributed by atoms with Crippen LogP contribution in [0, 0.1) is 5.41 Å². The van der Waals surface area contributed by atoms with Crippen LogP contribution in [-0.4, -0.2) is 57.8 Å². The average Bonchev–Trinajstić information content (AvgIpc) is 2.63. The minimum absolute atomic E-state index is 0.0108. The van der Waals surface area contributed by atoms with Crippen LogP contribution in [0.4, 0.5) is 0 Å². The SMILES string of the molecule is CCc1ncc(C(=O)N2CCC[C@]3(CCC(=O)N(CC)C3)C2)cn1. The normalized spacial score (nSPS) is 24.5. The van der Waals surface area contributed by atoms with E-state index in [0.717, 1.165) is 57.7 Å². The van der Waals surface area contributed by atoms with E-state index in [1.54, 1.807) is 12.4 Å². The number of aromatic nitrogens is 2. The molecule has 0 aliphatic carbocycles. The van der Waals surface area contributed by atoms with Crippen LogP contribution in [0.25, 0.3) is 0 Å². The van der Waals surface area contributed by atoms with E-state index in [-0.39, 0.29) is 17.2 Å². The molecule has 130 valence electrons. The fraction of sp³-hybridized carbons (Fsp3) is 0.667. The Morgan fingerprint density at radius 1 is 1.21 bits per heavy atom. The topological polar surface area (TPSA) is 66.4 Å². The summed E-state index contributed by atoms with van der Waals surface area (Å²) in [6.07, 6.45) is 7.61. The summed E-state index contributed by atoms with van der Waals surface area (Å²) >= 11 is 0. The van der Waals surface area contributed by atoms with Crippen LogP contribution >= 0.6 is 0 Å². The average molecular weight is 330 g/mol. The maximum absolute atomic E-state index is 12.8. The van der Waals surface area contributed by atoms with Crippen molar-refractivity contribution in [1.29, 1.82) is 0 Å². The molecule has 6 nitrogen and oxygen atoms in total. The Hall–Kier alpha value is -1.98. The lowest BCUT2D eigenvalue weighted by Gasteiger charge is -2.48. The first kappa shape index (κ1) is 16.9. The van der Waals surface area contributed by atoms with E-state index in [9.17, 15) is 9.59 Å². The zero-order chi connectivity index (χ0) is 17.2. The van der Waals surface area contributed by atoms with E-state index < -0.39 is 0 Å². The molecule has 1 aromatic rings. The van der Waals surface area contributed by atoms with Gasteiger partial charge in [-0.25, -0.2) is 9.97 Å². The van der Waals surface area contributed by atoms with Gasteiger partial charge in [0.05, 0.1) is 5.56 Å². The molecule has 0 unspecified atom stereocenters. The third kappa shape index (κ3) is 3.28. The highest BCUT2D eigenvalue weighted by molar-refractivity contribution is 5.93. The van der Waals surface area contributed by atoms with E-state index in [1.807, 2.05) is 23.6 Å². The molecule has 1 spiro atoms. The summed E-state index contributed by atoms with van der Waals surface area (Å²) in [7, 11) is 0. The highest BCUT2D eigenvalue weighted by Gasteiger charge is 2.42. The Morgan fingerprint density at radius 3 is 2.62 bits per heavy atom. The lowest BCUT2D eigenvalue weighted by atomic mass is 9.73. The molecule has 0 bridgehead atoms. The maximum Gasteiger partial charge on any atom is 0.257 e. The van der Waals surface area contributed by atoms with Crippen molar-refractivity contribution in [3.63, 3.8) is 0 Å². The summed E-state index contributed by atoms with van der Waals surface area (Å²) in [5, 5.41) is 0. The highest BCUT2D eigenvalue weighted by Crippen LogP contribution is 2.39. The molecule has 0 aromatic carbocycles. The monoisotopic (exact) mass is 330 g/mol. The summed E-state index contributed by atoms with van der Waals surface area (Å²) in [4.78, 5) is 37.1. The summed E-state index contributed by atoms with van der Waals surface area (Å²) in [5.74, 6) is 1.01. The van der Waals surface area contributed by atoms with Crippen LogP contribution in [0.5, 0.6) is 0 Å². The molecule has 0 saturated carbocycles. The Labute approximate surface area is 143 Å². The number of carbonyl (C=O) groups excluding carboxylic acids is 2. The molecule has 2 fully saturated rings. The first-order chi connectivity index (χ1) is 11.6. The van der Waals surface area contributed by atoms with Gasteiger partial charge in [0, 0.05) is 56.8 Å². The van der Waals surface area contributed by atoms with Gasteiger partial charge in [0.2, 0.25) is 5.91 Å². The Kier molecular flexibility index (Phi) is 4.83. The molecule has 0 radical (unpaired) electrons. The predicted molar refractivity (Wildman–Crippen MR) is 90.5 cm³/mol. The van der Waals surface area contributed by atoms with E-state index in [0.29, 0.717) is 12.0 Å². The molecule has 0 N–H and O–H groups in total. The Morgan fingerprint density at radius 2 is 1.96 bits per heavy atom. The summed E-state index contributed by atoms with van der Waals surface area (Å²) in [6.45, 7) is 7.05. The number of hydrogen-bond donors (Lipinski definition) is 0. The lowest BCUT2D eigenvalue weighted by molar-refractivity contribution is -0.138. The van der Waals surface area contributed by atoms with Crippen molar-refractivity contribution in [3.8, 4) is 0 Å². The van der Waals surface area contributed by atoms with Gasteiger partial charge in [-0.1, -0.05) is 6.92 Å². The van der Waals surface area contributed by atoms with Gasteiger partial charge in [-0.15, -0.1) is 0 Å². The number of aryl methyl sites for hydroxylation is 1. The number of rotatable bonds is 3. The van der Waals surface area contributed by atoms with E-state index in [4.69, 9.17) is 0 Å². The van der Waals surface area contributed by atoms with Gasteiger partial charge >= 0.3 is 0 Å². The summed E-state index contributed by atoms with van der Waals surface area (Å²) in [6, 6.07) is 0. The van der Waals surface area contributed by atoms with Crippen molar-refractivity contribution in [2.75, 3.05) is 26.2 Å². The smallest absolute Gasteiger partial charge is 0.257 e. The van der Waals surface area contributed by atoms with Gasteiger partial charge < -0.3 is 9.80 Å². The molecule has 2 amide bonds. The second-order valence-electron chi connectivity index (χ2n) is 6.98. The molecule has 3 rings (SSSR count). The van der Waals surface area contributed by atoms with Gasteiger partial charge in [-0.3, -0.25) is 9.59 Å². The van der Waals surface area contributed by atoms with E-state index in [1.165, 1.54) is 0 Å². The largest absolute Gasteiger partial charge is 0.342 e. The molecule has 2 aliphatic rings. The van der Waals surface area contributed by atoms with E-state index >= 15 is 0 Å². The number of piperidine rings is 2. The van der Waals surface area contributed by atoms with Crippen LogP contribution in [0.1, 0.15) is 55.7 Å². The molecular formula is C18H26N4O2. The molecule has 6 heteroatoms. The maximum atomic E-state index is 12.8. The molecule has 1 aromatic heterocycles. The summed E-state index contributed by atoms with van der Waals surface area (Å²) in [5.41, 5.74) is 0.616. The van der Waals surface area contributed by atoms with Gasteiger partial charge in [-0.05, 0) is 26.2 Å². The second kappa shape index (κ2) is 6.87. The molecule has 2 saturated heterocycles. The molecule has 3 heterocycles. The first-order valence-corrected chi connectivity index (χ1v) is 8.95. The van der Waals surface area contributed by atoms with Crippen LogP contribution in [0.2, 0.25) is 0 Å². The highest BCUT2D eigenvalue weighted by atomic mass is 16.2. The number of carbonyl (C=O) groups is 2. The summed E-state index contributed by atoms with van der Waals surface area (Å²) < 4.78 is 0. The van der Waals surface area contributed by atoms with Crippen molar-refractivity contribution in [2.45, 2.75) is 46.0 Å². The third-order valence-electron chi connectivity index (χ3n) is 5.35. The second-order valence-corrected chi connectivity index (χ2v) is 6.98. The van der Waals surface area contributed by atoms with Crippen molar-refractivity contribution in [2.24, 2.45) is 5.41 Å². The number of nitrogens with zero attached hydrogens (tertiary/aromatic N) is 4. The Balaban J connectivity index is 1.72. The zero-order valence-corrected chi connectivity index (χ0v) is 14.6. The standard InChI is InChI=1S/C18H26N4O2/c1-3-15-19-10-14(11-20-15)17(24)22-9-5-7-18(13-22)8-6-16(23)21(4-2)12-18/h10-11H,3-9,12-13H2,1-2H3/t18-/m1/s1. The van der Waals surface area contributed by atoms with Crippen molar-refractivity contribution in [1.82, 2.24) is 19.8 Å². The fourth-order valence-corrected chi connectivity index (χ4v) is 3.94. The minimum Gasteiger partial charge on any atom is -0.342 e. The van der Waals surface area contributed by atoms with Crippen LogP contribution in [0.15, 0.2) is 12.4 Å². The lowest BCUT2D eigenvalue weighted by Crippen LogP contribution is -2.55. The van der Waals surface area contributed by atoms with E-state index in [2.05, 4.69) is 9.97 Å². The van der Waals surface area contributed by atoms with Gasteiger partial charge in [0.1, 0.15) is 5.82 Å². The minimum atomic E-state index is 0.0108.